The number of carbonyl (C=O) groups is 1. The van der Waals surface area contributed by atoms with Gasteiger partial charge in [0.05, 0.1) is 16.8 Å². The van der Waals surface area contributed by atoms with Gasteiger partial charge >= 0.3 is 0 Å². The molecule has 3 heteroatoms. The van der Waals surface area contributed by atoms with E-state index in [1.165, 1.54) is 11.1 Å². The maximum atomic E-state index is 12.4. The number of aryl methyl sites for hydroxylation is 1. The van der Waals surface area contributed by atoms with E-state index in [0.29, 0.717) is 6.54 Å². The van der Waals surface area contributed by atoms with Crippen molar-refractivity contribution in [3.05, 3.63) is 23.3 Å². The van der Waals surface area contributed by atoms with E-state index in [1.54, 1.807) is 4.90 Å². The number of hydrogen-bond donors (Lipinski definition) is 1. The fraction of sp³-hybridized carbons (Fsp3) is 0.500. The standard InChI is InChI=1S/C14H20N2O/c1-9-6-7-11-12(10(9)2)16(5)13(17)14(3,4)8-15-11/h6-7,15H,8H2,1-5H3. The van der Waals surface area contributed by atoms with E-state index in [1.807, 2.05) is 20.9 Å². The Balaban J connectivity index is 2.60. The molecule has 2 rings (SSSR count). The molecule has 92 valence electrons. The summed E-state index contributed by atoms with van der Waals surface area (Å²) in [5.41, 5.74) is 4.08. The largest absolute Gasteiger partial charge is 0.382 e. The zero-order valence-electron chi connectivity index (χ0n) is 11.2. The molecular weight excluding hydrogens is 212 g/mol. The first-order valence-electron chi connectivity index (χ1n) is 5.97. The Morgan fingerprint density at radius 3 is 2.59 bits per heavy atom. The van der Waals surface area contributed by atoms with Crippen LogP contribution in [0.15, 0.2) is 12.1 Å². The first-order valence-corrected chi connectivity index (χ1v) is 5.97. The van der Waals surface area contributed by atoms with Crippen LogP contribution in [-0.4, -0.2) is 19.5 Å². The first-order chi connectivity index (χ1) is 7.84. The smallest absolute Gasteiger partial charge is 0.234 e. The molecule has 0 atom stereocenters. The summed E-state index contributed by atoms with van der Waals surface area (Å²) in [7, 11) is 1.86. The fourth-order valence-corrected chi connectivity index (χ4v) is 2.32. The van der Waals surface area contributed by atoms with Crippen LogP contribution in [0.4, 0.5) is 11.4 Å². The van der Waals surface area contributed by atoms with Crippen molar-refractivity contribution in [2.75, 3.05) is 23.8 Å². The second-order valence-electron chi connectivity index (χ2n) is 5.51. The van der Waals surface area contributed by atoms with Crippen LogP contribution in [0.2, 0.25) is 0 Å². The molecule has 0 bridgehead atoms. The number of benzene rings is 1. The maximum Gasteiger partial charge on any atom is 0.234 e. The van der Waals surface area contributed by atoms with Gasteiger partial charge in [-0.15, -0.1) is 0 Å². The van der Waals surface area contributed by atoms with E-state index in [-0.39, 0.29) is 11.3 Å². The molecule has 0 radical (unpaired) electrons. The predicted octanol–water partition coefficient (Wildman–Crippen LogP) is 2.72. The third-order valence-corrected chi connectivity index (χ3v) is 3.64. The summed E-state index contributed by atoms with van der Waals surface area (Å²) in [5.74, 6) is 0.164. The summed E-state index contributed by atoms with van der Waals surface area (Å²) >= 11 is 0. The molecule has 0 aliphatic carbocycles. The SMILES string of the molecule is Cc1ccc2c(c1C)N(C)C(=O)C(C)(C)CN2. The van der Waals surface area contributed by atoms with Crippen molar-refractivity contribution in [1.82, 2.24) is 0 Å². The Bertz CT molecular complexity index is 477. The minimum atomic E-state index is -0.367. The van der Waals surface area contributed by atoms with E-state index in [9.17, 15) is 4.79 Å². The molecule has 17 heavy (non-hydrogen) atoms. The lowest BCUT2D eigenvalue weighted by Gasteiger charge is -2.26. The fourth-order valence-electron chi connectivity index (χ4n) is 2.32. The van der Waals surface area contributed by atoms with E-state index in [4.69, 9.17) is 0 Å². The molecule has 0 fully saturated rings. The second kappa shape index (κ2) is 3.76. The highest BCUT2D eigenvalue weighted by atomic mass is 16.2. The molecule has 1 aliphatic heterocycles. The summed E-state index contributed by atoms with van der Waals surface area (Å²) < 4.78 is 0. The van der Waals surface area contributed by atoms with Crippen molar-refractivity contribution in [2.45, 2.75) is 27.7 Å². The van der Waals surface area contributed by atoms with Crippen molar-refractivity contribution >= 4 is 17.3 Å². The van der Waals surface area contributed by atoms with Gasteiger partial charge in [-0.25, -0.2) is 0 Å². The van der Waals surface area contributed by atoms with E-state index >= 15 is 0 Å². The zero-order valence-corrected chi connectivity index (χ0v) is 11.2. The molecule has 1 aliphatic rings. The van der Waals surface area contributed by atoms with Crippen molar-refractivity contribution in [3.63, 3.8) is 0 Å². The summed E-state index contributed by atoms with van der Waals surface area (Å²) in [4.78, 5) is 14.2. The van der Waals surface area contributed by atoms with Gasteiger partial charge in [-0.05, 0) is 44.9 Å². The average Bonchev–Trinajstić information content (AvgIpc) is 2.35. The Hall–Kier alpha value is -1.51. The zero-order chi connectivity index (χ0) is 12.8. The van der Waals surface area contributed by atoms with Crippen LogP contribution in [0, 0.1) is 19.3 Å². The van der Waals surface area contributed by atoms with E-state index in [0.717, 1.165) is 11.4 Å². The van der Waals surface area contributed by atoms with Crippen LogP contribution < -0.4 is 10.2 Å². The number of rotatable bonds is 0. The van der Waals surface area contributed by atoms with Gasteiger partial charge in [-0.1, -0.05) is 6.07 Å². The molecule has 0 aromatic heterocycles. The topological polar surface area (TPSA) is 32.3 Å². The maximum absolute atomic E-state index is 12.4. The van der Waals surface area contributed by atoms with Gasteiger partial charge in [0, 0.05) is 13.6 Å². The Morgan fingerprint density at radius 1 is 1.29 bits per heavy atom. The minimum Gasteiger partial charge on any atom is -0.382 e. The predicted molar refractivity (Wildman–Crippen MR) is 71.6 cm³/mol. The van der Waals surface area contributed by atoms with Crippen LogP contribution in [-0.2, 0) is 4.79 Å². The molecule has 0 saturated carbocycles. The van der Waals surface area contributed by atoms with Crippen LogP contribution in [0.5, 0.6) is 0 Å². The summed E-state index contributed by atoms with van der Waals surface area (Å²) in [6, 6.07) is 4.15. The number of nitrogens with one attached hydrogen (secondary N) is 1. The highest BCUT2D eigenvalue weighted by molar-refractivity contribution is 6.02. The van der Waals surface area contributed by atoms with Crippen LogP contribution >= 0.6 is 0 Å². The quantitative estimate of drug-likeness (QED) is 0.746. The third kappa shape index (κ3) is 1.79. The van der Waals surface area contributed by atoms with Crippen LogP contribution in [0.25, 0.3) is 0 Å². The van der Waals surface area contributed by atoms with E-state index in [2.05, 4.69) is 31.3 Å². The lowest BCUT2D eigenvalue weighted by Crippen LogP contribution is -2.40. The molecule has 1 aromatic rings. The molecular formula is C14H20N2O. The third-order valence-electron chi connectivity index (χ3n) is 3.64. The molecule has 1 aromatic carbocycles. The number of hydrogen-bond acceptors (Lipinski definition) is 2. The van der Waals surface area contributed by atoms with Crippen molar-refractivity contribution in [3.8, 4) is 0 Å². The van der Waals surface area contributed by atoms with Crippen molar-refractivity contribution in [2.24, 2.45) is 5.41 Å². The van der Waals surface area contributed by atoms with Gasteiger partial charge in [0.2, 0.25) is 5.91 Å². The molecule has 0 saturated heterocycles. The Labute approximate surface area is 103 Å². The number of anilines is 2. The Morgan fingerprint density at radius 2 is 1.94 bits per heavy atom. The summed E-state index contributed by atoms with van der Waals surface area (Å²) in [6.07, 6.45) is 0. The van der Waals surface area contributed by atoms with E-state index < -0.39 is 0 Å². The summed E-state index contributed by atoms with van der Waals surface area (Å²) in [5, 5.41) is 3.38. The normalized spacial score (nSPS) is 18.4. The number of fused-ring (bicyclic) bond motifs is 1. The highest BCUT2D eigenvalue weighted by Crippen LogP contribution is 2.37. The average molecular weight is 232 g/mol. The van der Waals surface area contributed by atoms with Gasteiger partial charge in [0.1, 0.15) is 0 Å². The minimum absolute atomic E-state index is 0.164. The lowest BCUT2D eigenvalue weighted by molar-refractivity contribution is -0.125. The molecule has 1 heterocycles. The number of carbonyl (C=O) groups excluding carboxylic acids is 1. The monoisotopic (exact) mass is 232 g/mol. The molecule has 0 unspecified atom stereocenters. The van der Waals surface area contributed by atoms with Gasteiger partial charge in [0.25, 0.3) is 0 Å². The second-order valence-corrected chi connectivity index (χ2v) is 5.51. The van der Waals surface area contributed by atoms with Gasteiger partial charge in [-0.2, -0.15) is 0 Å². The van der Waals surface area contributed by atoms with Gasteiger partial charge < -0.3 is 10.2 Å². The van der Waals surface area contributed by atoms with Gasteiger partial charge in [0.15, 0.2) is 0 Å². The van der Waals surface area contributed by atoms with Crippen molar-refractivity contribution < 1.29 is 4.79 Å². The first kappa shape index (κ1) is 12.0. The molecule has 0 spiro atoms. The van der Waals surface area contributed by atoms with Gasteiger partial charge in [-0.3, -0.25) is 4.79 Å². The molecule has 1 N–H and O–H groups in total. The lowest BCUT2D eigenvalue weighted by atomic mass is 9.92. The molecule has 3 nitrogen and oxygen atoms in total. The van der Waals surface area contributed by atoms with Crippen molar-refractivity contribution in [1.29, 1.82) is 0 Å². The molecule has 1 amide bonds. The number of amides is 1. The highest BCUT2D eigenvalue weighted by Gasteiger charge is 2.35. The van der Waals surface area contributed by atoms with Crippen LogP contribution in [0.1, 0.15) is 25.0 Å². The van der Waals surface area contributed by atoms with Crippen LogP contribution in [0.3, 0.4) is 0 Å². The summed E-state index contributed by atoms with van der Waals surface area (Å²) in [6.45, 7) is 8.77. The number of nitrogens with zero attached hydrogens (tertiary/aromatic N) is 1. The Kier molecular flexibility index (Phi) is 2.64.